The smallest absolute Gasteiger partial charge is 0.549 e. The first kappa shape index (κ1) is 41.3. The Bertz CT molecular complexity index is 726. The van der Waals surface area contributed by atoms with Crippen molar-refractivity contribution < 1.29 is 60.9 Å². The molecule has 0 amide bonds. The van der Waals surface area contributed by atoms with Crippen LogP contribution in [0.15, 0.2) is 38.0 Å². The van der Waals surface area contributed by atoms with Crippen LogP contribution in [0.2, 0.25) is 0 Å². The van der Waals surface area contributed by atoms with Crippen molar-refractivity contribution in [1.82, 2.24) is 0 Å². The Hall–Kier alpha value is -2.85. The number of rotatable bonds is 12. The molecular formula is C27H39CoO9. The molecule has 10 heteroatoms. The second kappa shape index (κ2) is 16.8. The number of aliphatic carboxylic acids is 3. The molecule has 9 nitrogen and oxygen atoms in total. The predicted molar refractivity (Wildman–Crippen MR) is 129 cm³/mol. The molecule has 3 unspecified atom stereocenters. The SMILES string of the molecule is C=CC(C)(C)C(C(C)=O)C(=O)[O-].C=CC(C)(C)C(C(C)=O)C(=O)[O-].C=CC(C)(C)C(C(C)=O)C(=O)[O-].[Co+3]. The van der Waals surface area contributed by atoms with Crippen molar-refractivity contribution in [3.8, 4) is 0 Å². The van der Waals surface area contributed by atoms with Gasteiger partial charge in [0.05, 0.1) is 35.7 Å². The Balaban J connectivity index is -0.000000218. The molecule has 0 saturated carbocycles. The number of hydrogen-bond acceptors (Lipinski definition) is 9. The van der Waals surface area contributed by atoms with Gasteiger partial charge in [-0.2, -0.15) is 0 Å². The van der Waals surface area contributed by atoms with Crippen LogP contribution >= 0.6 is 0 Å². The molecule has 0 aliphatic carbocycles. The molecule has 0 aliphatic heterocycles. The van der Waals surface area contributed by atoms with E-state index in [-0.39, 0.29) is 16.8 Å². The molecule has 0 saturated heterocycles. The van der Waals surface area contributed by atoms with Gasteiger partial charge in [-0.1, -0.05) is 59.8 Å². The summed E-state index contributed by atoms with van der Waals surface area (Å²) in [6, 6.07) is 0. The number of carboxylic acids is 3. The fraction of sp³-hybridized carbons (Fsp3) is 0.556. The van der Waals surface area contributed by atoms with E-state index in [4.69, 9.17) is 0 Å². The third-order valence-electron chi connectivity index (χ3n) is 5.74. The molecule has 0 rings (SSSR count). The summed E-state index contributed by atoms with van der Waals surface area (Å²) in [6.45, 7) is 24.0. The number of hydrogen-bond donors (Lipinski definition) is 0. The van der Waals surface area contributed by atoms with Crippen LogP contribution in [-0.2, 0) is 45.5 Å². The van der Waals surface area contributed by atoms with Gasteiger partial charge in [0.1, 0.15) is 17.3 Å². The summed E-state index contributed by atoms with van der Waals surface area (Å²) < 4.78 is 0. The predicted octanol–water partition coefficient (Wildman–Crippen LogP) is 0.459. The molecule has 0 heterocycles. The Morgan fingerprint density at radius 3 is 0.676 bits per heavy atom. The molecule has 210 valence electrons. The van der Waals surface area contributed by atoms with E-state index < -0.39 is 69.3 Å². The largest absolute Gasteiger partial charge is 3.00 e. The summed E-state index contributed by atoms with van der Waals surface area (Å²) in [5.41, 5.74) is -2.24. The second-order valence-corrected chi connectivity index (χ2v) is 10.2. The van der Waals surface area contributed by atoms with E-state index in [1.165, 1.54) is 39.0 Å². The number of Topliss-reactive ketones (excluding diaryl/α,β-unsaturated/α-hetero) is 3. The minimum absolute atomic E-state index is 0. The van der Waals surface area contributed by atoms with Crippen molar-refractivity contribution in [2.24, 2.45) is 34.0 Å². The average molecular weight is 567 g/mol. The topological polar surface area (TPSA) is 172 Å². The molecule has 0 aromatic carbocycles. The van der Waals surface area contributed by atoms with Crippen molar-refractivity contribution in [3.63, 3.8) is 0 Å². The quantitative estimate of drug-likeness (QED) is 0.240. The van der Waals surface area contributed by atoms with E-state index in [1.54, 1.807) is 41.5 Å². The van der Waals surface area contributed by atoms with Crippen LogP contribution in [0.25, 0.3) is 0 Å². The molecule has 0 fully saturated rings. The van der Waals surface area contributed by atoms with Crippen LogP contribution in [0, 0.1) is 34.0 Å². The van der Waals surface area contributed by atoms with Gasteiger partial charge in [0.2, 0.25) is 0 Å². The maximum atomic E-state index is 10.9. The van der Waals surface area contributed by atoms with E-state index in [1.807, 2.05) is 0 Å². The molecular weight excluding hydrogens is 527 g/mol. The van der Waals surface area contributed by atoms with Gasteiger partial charge >= 0.3 is 16.8 Å². The molecule has 0 aliphatic rings. The summed E-state index contributed by atoms with van der Waals surface area (Å²) in [5, 5.41) is 31.7. The molecule has 0 radical (unpaired) electrons. The van der Waals surface area contributed by atoms with Gasteiger partial charge in [0.25, 0.3) is 0 Å². The maximum absolute atomic E-state index is 10.9. The summed E-state index contributed by atoms with van der Waals surface area (Å²) in [6.07, 6.45) is 4.36. The van der Waals surface area contributed by atoms with Gasteiger partial charge < -0.3 is 29.7 Å². The Morgan fingerprint density at radius 1 is 0.514 bits per heavy atom. The van der Waals surface area contributed by atoms with E-state index in [0.29, 0.717) is 0 Å². The first-order valence-corrected chi connectivity index (χ1v) is 11.0. The van der Waals surface area contributed by atoms with Crippen molar-refractivity contribution >= 4 is 35.3 Å². The standard InChI is InChI=1S/3C9H14O3.Co/c3*1-5-9(3,4)7(6(2)10)8(11)12;/h3*5,7H,1H2,2-4H3,(H,11,12);/q;;;+3/p-3. The Kier molecular flexibility index (Phi) is 18.8. The van der Waals surface area contributed by atoms with Gasteiger partial charge in [-0.15, -0.1) is 19.7 Å². The number of carbonyl (C=O) groups is 6. The monoisotopic (exact) mass is 566 g/mol. The van der Waals surface area contributed by atoms with E-state index in [9.17, 15) is 44.1 Å². The summed E-state index contributed by atoms with van der Waals surface area (Å²) in [4.78, 5) is 64.5. The zero-order valence-electron chi connectivity index (χ0n) is 23.1. The van der Waals surface area contributed by atoms with Crippen LogP contribution in [0.5, 0.6) is 0 Å². The summed E-state index contributed by atoms with van der Waals surface area (Å²) in [5.74, 6) is -8.54. The van der Waals surface area contributed by atoms with Crippen LogP contribution in [0.3, 0.4) is 0 Å². The van der Waals surface area contributed by atoms with Gasteiger partial charge in [-0.3, -0.25) is 14.4 Å². The minimum Gasteiger partial charge on any atom is -0.549 e. The van der Waals surface area contributed by atoms with E-state index >= 15 is 0 Å². The molecule has 0 aromatic heterocycles. The zero-order chi connectivity index (χ0) is 29.8. The van der Waals surface area contributed by atoms with Crippen molar-refractivity contribution in [2.45, 2.75) is 62.3 Å². The second-order valence-electron chi connectivity index (χ2n) is 10.2. The summed E-state index contributed by atoms with van der Waals surface area (Å²) >= 11 is 0. The Labute approximate surface area is 230 Å². The van der Waals surface area contributed by atoms with Crippen molar-refractivity contribution in [3.05, 3.63) is 38.0 Å². The first-order valence-electron chi connectivity index (χ1n) is 11.0. The third-order valence-corrected chi connectivity index (χ3v) is 5.74. The number of carboxylic acid groups (broad SMARTS) is 3. The van der Waals surface area contributed by atoms with Crippen LogP contribution in [-0.4, -0.2) is 35.3 Å². The summed E-state index contributed by atoms with van der Waals surface area (Å²) in [7, 11) is 0. The van der Waals surface area contributed by atoms with Crippen LogP contribution in [0.1, 0.15) is 62.3 Å². The molecule has 37 heavy (non-hydrogen) atoms. The molecule has 0 aromatic rings. The number of carbonyl (C=O) groups excluding carboxylic acids is 6. The van der Waals surface area contributed by atoms with E-state index in [0.717, 1.165) is 0 Å². The number of ketones is 3. The number of allylic oxidation sites excluding steroid dienone is 3. The fourth-order valence-corrected chi connectivity index (χ4v) is 3.33. The van der Waals surface area contributed by atoms with Gasteiger partial charge in [-0.05, 0) is 37.0 Å². The van der Waals surface area contributed by atoms with Gasteiger partial charge in [0, 0.05) is 0 Å². The average Bonchev–Trinajstić information content (AvgIpc) is 2.66. The third kappa shape index (κ3) is 13.9. The Morgan fingerprint density at radius 2 is 0.649 bits per heavy atom. The molecule has 0 N–H and O–H groups in total. The maximum Gasteiger partial charge on any atom is 3.00 e. The van der Waals surface area contributed by atoms with Crippen molar-refractivity contribution in [1.29, 1.82) is 0 Å². The normalized spacial score (nSPS) is 13.2. The zero-order valence-corrected chi connectivity index (χ0v) is 24.1. The fourth-order valence-electron chi connectivity index (χ4n) is 3.33. The molecule has 0 spiro atoms. The van der Waals surface area contributed by atoms with Crippen molar-refractivity contribution in [2.75, 3.05) is 0 Å². The van der Waals surface area contributed by atoms with Gasteiger partial charge in [0.15, 0.2) is 0 Å². The van der Waals surface area contributed by atoms with Gasteiger partial charge in [-0.25, -0.2) is 0 Å². The molecule has 0 bridgehead atoms. The molecule has 3 atom stereocenters. The van der Waals surface area contributed by atoms with Crippen LogP contribution < -0.4 is 15.3 Å². The minimum atomic E-state index is -1.34. The van der Waals surface area contributed by atoms with Crippen LogP contribution in [0.4, 0.5) is 0 Å². The first-order chi connectivity index (χ1) is 16.0. The van der Waals surface area contributed by atoms with E-state index in [2.05, 4.69) is 19.7 Å².